The van der Waals surface area contributed by atoms with Crippen LogP contribution in [0.2, 0.25) is 0 Å². The van der Waals surface area contributed by atoms with Gasteiger partial charge >= 0.3 is 0 Å². The molecule has 4 rings (SSSR count). The first-order valence-corrected chi connectivity index (χ1v) is 10.6. The van der Waals surface area contributed by atoms with E-state index in [9.17, 15) is 5.11 Å². The summed E-state index contributed by atoms with van der Waals surface area (Å²) in [5.41, 5.74) is 4.09. The Hall–Kier alpha value is -1.16. The summed E-state index contributed by atoms with van der Waals surface area (Å²) >= 11 is 0. The fourth-order valence-electron chi connectivity index (χ4n) is 4.87. The van der Waals surface area contributed by atoms with Crippen LogP contribution in [0.5, 0.6) is 0 Å². The smallest absolute Gasteiger partial charge is 0.0849 e. The lowest BCUT2D eigenvalue weighted by molar-refractivity contribution is -0.0447. The zero-order chi connectivity index (χ0) is 17.8. The molecule has 2 heterocycles. The summed E-state index contributed by atoms with van der Waals surface area (Å²) in [5, 5.41) is 9.84. The lowest BCUT2D eigenvalue weighted by Gasteiger charge is -2.27. The molecular weight excluding hydrogens is 322 g/mol. The maximum Gasteiger partial charge on any atom is 0.0849 e. The maximum atomic E-state index is 9.84. The van der Waals surface area contributed by atoms with Crippen molar-refractivity contribution in [2.75, 3.05) is 19.7 Å². The van der Waals surface area contributed by atoms with Gasteiger partial charge in [-0.2, -0.15) is 0 Å². The van der Waals surface area contributed by atoms with E-state index >= 15 is 0 Å². The first kappa shape index (κ1) is 18.2. The molecule has 0 amide bonds. The Morgan fingerprint density at radius 1 is 0.962 bits per heavy atom. The van der Waals surface area contributed by atoms with E-state index in [1.807, 2.05) is 0 Å². The molecule has 2 aliphatic heterocycles. The van der Waals surface area contributed by atoms with Crippen LogP contribution >= 0.6 is 0 Å². The van der Waals surface area contributed by atoms with Gasteiger partial charge in [0.15, 0.2) is 0 Å². The monoisotopic (exact) mass is 355 g/mol. The van der Waals surface area contributed by atoms with E-state index in [2.05, 4.69) is 35.2 Å². The van der Waals surface area contributed by atoms with E-state index < -0.39 is 0 Å². The zero-order valence-electron chi connectivity index (χ0n) is 15.9. The summed E-state index contributed by atoms with van der Waals surface area (Å²) in [5.74, 6) is 0. The highest BCUT2D eigenvalue weighted by Gasteiger charge is 2.24. The molecule has 1 aromatic carbocycles. The Kier molecular flexibility index (Phi) is 6.08. The van der Waals surface area contributed by atoms with Crippen molar-refractivity contribution in [1.82, 2.24) is 4.90 Å². The van der Waals surface area contributed by atoms with Gasteiger partial charge in [-0.05, 0) is 56.2 Å². The second-order valence-electron chi connectivity index (χ2n) is 8.33. The van der Waals surface area contributed by atoms with Crippen molar-refractivity contribution in [3.05, 3.63) is 41.0 Å². The average molecular weight is 356 g/mol. The molecule has 0 spiro atoms. The molecule has 3 nitrogen and oxygen atoms in total. The van der Waals surface area contributed by atoms with E-state index in [0.29, 0.717) is 6.61 Å². The number of nitrogens with zero attached hydrogens (tertiary/aromatic N) is 1. The van der Waals surface area contributed by atoms with Gasteiger partial charge in [0.25, 0.3) is 0 Å². The van der Waals surface area contributed by atoms with Crippen molar-refractivity contribution >= 4 is 6.08 Å². The van der Waals surface area contributed by atoms with Crippen LogP contribution in [-0.4, -0.2) is 41.8 Å². The largest absolute Gasteiger partial charge is 0.393 e. The number of hydrogen-bond donors (Lipinski definition) is 1. The predicted molar refractivity (Wildman–Crippen MR) is 106 cm³/mol. The Balaban J connectivity index is 1.36. The third-order valence-electron chi connectivity index (χ3n) is 6.44. The van der Waals surface area contributed by atoms with Gasteiger partial charge < -0.3 is 14.7 Å². The van der Waals surface area contributed by atoms with Gasteiger partial charge in [0.05, 0.1) is 12.2 Å². The summed E-state index contributed by atoms with van der Waals surface area (Å²) in [6, 6.07) is 9.64. The number of aliphatic hydroxyl groups excluding tert-OH is 1. The number of likely N-dealkylation sites (tertiary alicyclic amines) is 1. The Morgan fingerprint density at radius 3 is 2.54 bits per heavy atom. The summed E-state index contributed by atoms with van der Waals surface area (Å²) in [4.78, 5) is 2.75. The lowest BCUT2D eigenvalue weighted by Crippen LogP contribution is -2.33. The van der Waals surface area contributed by atoms with Crippen LogP contribution in [0.15, 0.2) is 29.8 Å². The van der Waals surface area contributed by atoms with Crippen LogP contribution in [-0.2, 0) is 4.74 Å². The number of hydrogen-bond acceptors (Lipinski definition) is 3. The maximum absolute atomic E-state index is 9.84. The van der Waals surface area contributed by atoms with Crippen LogP contribution in [0, 0.1) is 0 Å². The second kappa shape index (κ2) is 8.69. The minimum absolute atomic E-state index is 0.0540. The quantitative estimate of drug-likeness (QED) is 0.852. The minimum atomic E-state index is -0.218. The topological polar surface area (TPSA) is 32.7 Å². The van der Waals surface area contributed by atoms with E-state index in [-0.39, 0.29) is 12.2 Å². The van der Waals surface area contributed by atoms with Gasteiger partial charge in [-0.25, -0.2) is 0 Å². The fraction of sp³-hybridized carbons (Fsp3) is 0.652. The van der Waals surface area contributed by atoms with Crippen LogP contribution in [0.4, 0.5) is 0 Å². The summed E-state index contributed by atoms with van der Waals surface area (Å²) in [7, 11) is 0. The van der Waals surface area contributed by atoms with Crippen molar-refractivity contribution < 1.29 is 9.84 Å². The van der Waals surface area contributed by atoms with Crippen LogP contribution in [0.3, 0.4) is 0 Å². The Morgan fingerprint density at radius 2 is 1.77 bits per heavy atom. The Labute approximate surface area is 158 Å². The molecular formula is C23H33NO2. The molecule has 0 bridgehead atoms. The van der Waals surface area contributed by atoms with Gasteiger partial charge in [0, 0.05) is 25.6 Å². The van der Waals surface area contributed by atoms with Gasteiger partial charge in [-0.1, -0.05) is 48.8 Å². The molecule has 1 saturated carbocycles. The molecule has 3 fully saturated rings. The summed E-state index contributed by atoms with van der Waals surface area (Å²) in [6.45, 7) is 3.18. The molecule has 0 radical (unpaired) electrons. The molecule has 1 aliphatic carbocycles. The molecule has 142 valence electrons. The third kappa shape index (κ3) is 4.57. The number of rotatable bonds is 3. The van der Waals surface area contributed by atoms with Crippen LogP contribution in [0.1, 0.15) is 75.0 Å². The van der Waals surface area contributed by atoms with Crippen LogP contribution in [0.25, 0.3) is 6.08 Å². The second-order valence-corrected chi connectivity index (χ2v) is 8.33. The molecule has 2 saturated heterocycles. The van der Waals surface area contributed by atoms with Crippen molar-refractivity contribution in [2.24, 2.45) is 0 Å². The normalized spacial score (nSPS) is 30.6. The number of benzene rings is 1. The van der Waals surface area contributed by atoms with Gasteiger partial charge in [0.2, 0.25) is 0 Å². The minimum Gasteiger partial charge on any atom is -0.393 e. The van der Waals surface area contributed by atoms with E-state index in [4.69, 9.17) is 4.74 Å². The van der Waals surface area contributed by atoms with Crippen molar-refractivity contribution in [1.29, 1.82) is 0 Å². The van der Waals surface area contributed by atoms with E-state index in [0.717, 1.165) is 18.9 Å². The Bertz CT molecular complexity index is 603. The standard InChI is InChI=1S/C23H33NO2/c25-22-12-15-26-23(17-22)20-9-7-19(8-10-20)16-18-4-3-13-24(14-11-18)21-5-1-2-6-21/h7-10,16,21-23,25H,1-6,11-15,17H2. The first-order chi connectivity index (χ1) is 12.8. The lowest BCUT2D eigenvalue weighted by atomic mass is 9.97. The molecule has 1 N–H and O–H groups in total. The van der Waals surface area contributed by atoms with Gasteiger partial charge in [-0.15, -0.1) is 0 Å². The highest BCUT2D eigenvalue weighted by Crippen LogP contribution is 2.30. The SMILES string of the molecule is OC1CCOC(c2ccc(C=C3CCCN(C4CCCC4)CC3)cc2)C1. The van der Waals surface area contributed by atoms with E-state index in [1.54, 1.807) is 5.57 Å². The molecule has 3 heteroatoms. The molecule has 26 heavy (non-hydrogen) atoms. The summed E-state index contributed by atoms with van der Waals surface area (Å²) < 4.78 is 5.82. The number of ether oxygens (including phenoxy) is 1. The third-order valence-corrected chi connectivity index (χ3v) is 6.44. The molecule has 0 aromatic heterocycles. The average Bonchev–Trinajstić information content (AvgIpc) is 3.10. The predicted octanol–water partition coefficient (Wildman–Crippen LogP) is 4.71. The van der Waals surface area contributed by atoms with Crippen molar-refractivity contribution in [3.63, 3.8) is 0 Å². The fourth-order valence-corrected chi connectivity index (χ4v) is 4.87. The first-order valence-electron chi connectivity index (χ1n) is 10.6. The highest BCUT2D eigenvalue weighted by atomic mass is 16.5. The van der Waals surface area contributed by atoms with Gasteiger partial charge in [0.1, 0.15) is 0 Å². The molecule has 2 atom stereocenters. The number of aliphatic hydroxyl groups is 1. The zero-order valence-corrected chi connectivity index (χ0v) is 15.9. The highest BCUT2D eigenvalue weighted by molar-refractivity contribution is 5.53. The van der Waals surface area contributed by atoms with Crippen LogP contribution < -0.4 is 0 Å². The van der Waals surface area contributed by atoms with Crippen molar-refractivity contribution in [2.45, 2.75) is 76.0 Å². The van der Waals surface area contributed by atoms with E-state index in [1.165, 1.54) is 69.2 Å². The van der Waals surface area contributed by atoms with Gasteiger partial charge in [-0.3, -0.25) is 0 Å². The summed E-state index contributed by atoms with van der Waals surface area (Å²) in [6.07, 6.45) is 13.2. The molecule has 3 aliphatic rings. The van der Waals surface area contributed by atoms with Crippen molar-refractivity contribution in [3.8, 4) is 0 Å². The molecule has 2 unspecified atom stereocenters. The molecule has 1 aromatic rings.